The molecule has 158 valence electrons. The Kier molecular flexibility index (Phi) is 5.89. The molecule has 0 fully saturated rings. The Morgan fingerprint density at radius 3 is 2.65 bits per heavy atom. The molecule has 1 atom stereocenters. The summed E-state index contributed by atoms with van der Waals surface area (Å²) in [6.07, 6.45) is 4.84. The van der Waals surface area contributed by atoms with Gasteiger partial charge in [0.25, 0.3) is 5.56 Å². The van der Waals surface area contributed by atoms with E-state index in [0.29, 0.717) is 25.6 Å². The number of halogens is 1. The minimum Gasteiger partial charge on any atom is -0.459 e. The number of benzene rings is 1. The fraction of sp³-hybridized carbons (Fsp3) is 0.217. The molecule has 1 unspecified atom stereocenters. The fourth-order valence-corrected chi connectivity index (χ4v) is 4.61. The molecule has 0 saturated heterocycles. The van der Waals surface area contributed by atoms with Crippen LogP contribution in [0.1, 0.15) is 37.9 Å². The Balaban J connectivity index is 1.95. The smallest absolute Gasteiger partial charge is 0.338 e. The average molecular weight is 454 g/mol. The summed E-state index contributed by atoms with van der Waals surface area (Å²) in [5.41, 5.74) is 2.21. The van der Waals surface area contributed by atoms with Crippen LogP contribution < -0.4 is 14.9 Å². The third kappa shape index (κ3) is 4.24. The van der Waals surface area contributed by atoms with E-state index in [1.807, 2.05) is 24.3 Å². The highest BCUT2D eigenvalue weighted by atomic mass is 35.5. The van der Waals surface area contributed by atoms with E-state index in [1.54, 1.807) is 55.9 Å². The fourth-order valence-electron chi connectivity index (χ4n) is 3.43. The number of pyridine rings is 1. The summed E-state index contributed by atoms with van der Waals surface area (Å²) in [6, 6.07) is 10.1. The number of fused-ring (bicyclic) bond motifs is 1. The number of carbonyl (C=O) groups is 1. The van der Waals surface area contributed by atoms with Crippen LogP contribution in [0.3, 0.4) is 0 Å². The maximum atomic E-state index is 13.4. The molecule has 6 nitrogen and oxygen atoms in total. The summed E-state index contributed by atoms with van der Waals surface area (Å²) >= 11 is 7.35. The number of hydrogen-bond donors (Lipinski definition) is 0. The summed E-state index contributed by atoms with van der Waals surface area (Å²) in [5.74, 6) is -0.488. The topological polar surface area (TPSA) is 73.6 Å². The van der Waals surface area contributed by atoms with Gasteiger partial charge in [-0.15, -0.1) is 0 Å². The molecule has 3 heterocycles. The average Bonchev–Trinajstić information content (AvgIpc) is 3.02. The molecule has 0 spiro atoms. The third-order valence-electron chi connectivity index (χ3n) is 4.75. The molecule has 0 N–H and O–H groups in total. The van der Waals surface area contributed by atoms with Crippen molar-refractivity contribution in [3.63, 3.8) is 0 Å². The molecule has 0 aliphatic carbocycles. The first-order chi connectivity index (χ1) is 14.8. The van der Waals surface area contributed by atoms with Gasteiger partial charge in [0.1, 0.15) is 0 Å². The molecular weight excluding hydrogens is 434 g/mol. The minimum atomic E-state index is -0.657. The van der Waals surface area contributed by atoms with Gasteiger partial charge in [-0.1, -0.05) is 41.1 Å². The highest BCUT2D eigenvalue weighted by Crippen LogP contribution is 2.31. The second-order valence-corrected chi connectivity index (χ2v) is 8.82. The summed E-state index contributed by atoms with van der Waals surface area (Å²) in [7, 11) is 0. The molecule has 1 aromatic carbocycles. The molecule has 8 heteroatoms. The maximum absolute atomic E-state index is 13.4. The number of carbonyl (C=O) groups excluding carboxylic acids is 1. The Labute approximate surface area is 187 Å². The highest BCUT2D eigenvalue weighted by molar-refractivity contribution is 7.07. The Hall–Kier alpha value is -3.03. The van der Waals surface area contributed by atoms with Gasteiger partial charge in [-0.05, 0) is 56.2 Å². The zero-order chi connectivity index (χ0) is 22.1. The van der Waals surface area contributed by atoms with Crippen LogP contribution in [-0.2, 0) is 9.53 Å². The number of thiazole rings is 1. The SMILES string of the molecule is CC1=C(C(=O)OC(C)C)C(c2ccc(Cl)cc2)n2c(sc(=Cc3cccnc3)c2=O)=N1. The molecular formula is C23H20ClN3O3S. The summed E-state index contributed by atoms with van der Waals surface area (Å²) in [4.78, 5) is 35.6. The van der Waals surface area contributed by atoms with Gasteiger partial charge < -0.3 is 4.74 Å². The number of ether oxygens (including phenoxy) is 1. The zero-order valence-corrected chi connectivity index (χ0v) is 18.8. The molecule has 31 heavy (non-hydrogen) atoms. The van der Waals surface area contributed by atoms with Crippen LogP contribution in [0.4, 0.5) is 0 Å². The van der Waals surface area contributed by atoms with Crippen LogP contribution in [0, 0.1) is 0 Å². The van der Waals surface area contributed by atoms with Crippen molar-refractivity contribution in [2.24, 2.45) is 4.99 Å². The lowest BCUT2D eigenvalue weighted by Gasteiger charge is -2.25. The monoisotopic (exact) mass is 453 g/mol. The third-order valence-corrected chi connectivity index (χ3v) is 5.99. The van der Waals surface area contributed by atoms with E-state index in [0.717, 1.165) is 11.1 Å². The van der Waals surface area contributed by atoms with Gasteiger partial charge in [0.2, 0.25) is 0 Å². The van der Waals surface area contributed by atoms with E-state index in [2.05, 4.69) is 9.98 Å². The first-order valence-corrected chi connectivity index (χ1v) is 10.9. The lowest BCUT2D eigenvalue weighted by Crippen LogP contribution is -2.40. The molecule has 1 aliphatic rings. The lowest BCUT2D eigenvalue weighted by atomic mass is 9.96. The number of allylic oxidation sites excluding steroid dienone is 1. The summed E-state index contributed by atoms with van der Waals surface area (Å²) < 4.78 is 7.55. The van der Waals surface area contributed by atoms with Crippen LogP contribution in [-0.4, -0.2) is 21.6 Å². The number of aromatic nitrogens is 2. The molecule has 0 radical (unpaired) electrons. The van der Waals surface area contributed by atoms with Gasteiger partial charge in [0, 0.05) is 17.4 Å². The molecule has 2 aromatic heterocycles. The number of esters is 1. The van der Waals surface area contributed by atoms with Gasteiger partial charge in [-0.2, -0.15) is 0 Å². The van der Waals surface area contributed by atoms with E-state index in [1.165, 1.54) is 11.3 Å². The predicted molar refractivity (Wildman–Crippen MR) is 121 cm³/mol. The van der Waals surface area contributed by atoms with Gasteiger partial charge in [-0.3, -0.25) is 14.3 Å². The van der Waals surface area contributed by atoms with Gasteiger partial charge in [0.15, 0.2) is 4.80 Å². The van der Waals surface area contributed by atoms with Crippen molar-refractivity contribution < 1.29 is 9.53 Å². The number of rotatable bonds is 4. The zero-order valence-electron chi connectivity index (χ0n) is 17.2. The Bertz CT molecular complexity index is 1340. The molecule has 3 aromatic rings. The van der Waals surface area contributed by atoms with E-state index < -0.39 is 12.0 Å². The van der Waals surface area contributed by atoms with Crippen molar-refractivity contribution >= 4 is 35.0 Å². The molecule has 0 amide bonds. The largest absolute Gasteiger partial charge is 0.459 e. The number of hydrogen-bond acceptors (Lipinski definition) is 6. The van der Waals surface area contributed by atoms with Crippen LogP contribution in [0.5, 0.6) is 0 Å². The second kappa shape index (κ2) is 8.61. The van der Waals surface area contributed by atoms with Crippen molar-refractivity contribution in [2.75, 3.05) is 0 Å². The minimum absolute atomic E-state index is 0.227. The quantitative estimate of drug-likeness (QED) is 0.568. The second-order valence-electron chi connectivity index (χ2n) is 7.37. The standard InChI is InChI=1S/C23H20ClN3O3S/c1-13(2)30-22(29)19-14(3)26-23-27(20(19)16-6-8-17(24)9-7-16)21(28)18(31-23)11-15-5-4-10-25-12-15/h4-13,20H,1-3H3. The van der Waals surface area contributed by atoms with Crippen LogP contribution in [0.2, 0.25) is 5.02 Å². The summed E-state index contributed by atoms with van der Waals surface area (Å²) in [5, 5.41) is 0.569. The van der Waals surface area contributed by atoms with Gasteiger partial charge in [0.05, 0.1) is 27.9 Å². The maximum Gasteiger partial charge on any atom is 0.338 e. The Morgan fingerprint density at radius 1 is 1.26 bits per heavy atom. The molecule has 0 saturated carbocycles. The first-order valence-electron chi connectivity index (χ1n) is 9.74. The molecule has 1 aliphatic heterocycles. The van der Waals surface area contributed by atoms with Crippen molar-refractivity contribution in [3.05, 3.63) is 95.9 Å². The van der Waals surface area contributed by atoms with E-state index >= 15 is 0 Å². The Morgan fingerprint density at radius 2 is 2.00 bits per heavy atom. The highest BCUT2D eigenvalue weighted by Gasteiger charge is 2.33. The van der Waals surface area contributed by atoms with Gasteiger partial charge >= 0.3 is 5.97 Å². The van der Waals surface area contributed by atoms with Crippen molar-refractivity contribution in [1.29, 1.82) is 0 Å². The molecule has 4 rings (SSSR count). The van der Waals surface area contributed by atoms with Crippen LogP contribution >= 0.6 is 22.9 Å². The van der Waals surface area contributed by atoms with Gasteiger partial charge in [-0.25, -0.2) is 9.79 Å². The normalized spacial score (nSPS) is 16.3. The van der Waals surface area contributed by atoms with E-state index in [4.69, 9.17) is 16.3 Å². The van der Waals surface area contributed by atoms with Crippen molar-refractivity contribution in [2.45, 2.75) is 32.9 Å². The van der Waals surface area contributed by atoms with Crippen LogP contribution in [0.15, 0.2) is 69.8 Å². The van der Waals surface area contributed by atoms with E-state index in [-0.39, 0.29) is 11.7 Å². The summed E-state index contributed by atoms with van der Waals surface area (Å²) in [6.45, 7) is 5.33. The molecule has 0 bridgehead atoms. The van der Waals surface area contributed by atoms with Crippen molar-refractivity contribution in [1.82, 2.24) is 9.55 Å². The first kappa shape index (κ1) is 21.2. The van der Waals surface area contributed by atoms with Crippen LogP contribution in [0.25, 0.3) is 6.08 Å². The van der Waals surface area contributed by atoms with E-state index in [9.17, 15) is 9.59 Å². The van der Waals surface area contributed by atoms with Crippen molar-refractivity contribution in [3.8, 4) is 0 Å². The lowest BCUT2D eigenvalue weighted by molar-refractivity contribution is -0.143. The number of nitrogens with zero attached hydrogens (tertiary/aromatic N) is 3. The predicted octanol–water partition coefficient (Wildman–Crippen LogP) is 3.24.